The molecular formula is C14H30N2O3. The number of aliphatic hydroxyl groups excluding tert-OH is 1. The fraction of sp³-hybridized carbons (Fsp3) is 1.00. The van der Waals surface area contributed by atoms with Gasteiger partial charge in [0.25, 0.3) is 0 Å². The highest BCUT2D eigenvalue weighted by Gasteiger charge is 2.45. The van der Waals surface area contributed by atoms with Crippen molar-refractivity contribution in [1.82, 2.24) is 9.96 Å². The minimum absolute atomic E-state index is 0.0743. The van der Waals surface area contributed by atoms with Crippen LogP contribution < -0.4 is 0 Å². The first-order valence-corrected chi connectivity index (χ1v) is 6.98. The highest BCUT2D eigenvalue weighted by molar-refractivity contribution is 4.96. The Labute approximate surface area is 117 Å². The van der Waals surface area contributed by atoms with Crippen molar-refractivity contribution in [3.8, 4) is 0 Å². The van der Waals surface area contributed by atoms with Gasteiger partial charge >= 0.3 is 0 Å². The molecule has 1 rings (SSSR count). The second kappa shape index (κ2) is 6.06. The largest absolute Gasteiger partial charge is 0.389 e. The van der Waals surface area contributed by atoms with Crippen molar-refractivity contribution in [2.75, 3.05) is 27.2 Å². The maximum Gasteiger partial charge on any atom is 0.0900 e. The molecule has 19 heavy (non-hydrogen) atoms. The summed E-state index contributed by atoms with van der Waals surface area (Å²) >= 11 is 0. The van der Waals surface area contributed by atoms with E-state index in [-0.39, 0.29) is 17.2 Å². The molecule has 0 amide bonds. The van der Waals surface area contributed by atoms with E-state index in [0.717, 1.165) is 12.8 Å². The summed E-state index contributed by atoms with van der Waals surface area (Å²) in [5.74, 6) is 0. The minimum Gasteiger partial charge on any atom is -0.389 e. The number of hydrogen-bond acceptors (Lipinski definition) is 5. The van der Waals surface area contributed by atoms with E-state index < -0.39 is 6.10 Å². The molecule has 0 radical (unpaired) electrons. The third-order valence-corrected chi connectivity index (χ3v) is 3.70. The lowest BCUT2D eigenvalue weighted by molar-refractivity contribution is -0.262. The van der Waals surface area contributed by atoms with E-state index in [1.807, 2.05) is 46.7 Å². The van der Waals surface area contributed by atoms with Gasteiger partial charge in [0.1, 0.15) is 0 Å². The Morgan fingerprint density at radius 3 is 2.11 bits per heavy atom. The van der Waals surface area contributed by atoms with Crippen molar-refractivity contribution in [3.05, 3.63) is 0 Å². The molecule has 0 aromatic carbocycles. The zero-order valence-electron chi connectivity index (χ0n) is 13.2. The average Bonchev–Trinajstić information content (AvgIpc) is 2.21. The third-order valence-electron chi connectivity index (χ3n) is 3.70. The monoisotopic (exact) mass is 274 g/mol. The first-order valence-electron chi connectivity index (χ1n) is 6.98. The van der Waals surface area contributed by atoms with Crippen LogP contribution in [-0.2, 0) is 4.74 Å². The van der Waals surface area contributed by atoms with Crippen LogP contribution in [0.3, 0.4) is 0 Å². The summed E-state index contributed by atoms with van der Waals surface area (Å²) in [6.07, 6.45) is 1.14. The molecule has 2 N–H and O–H groups in total. The molecule has 0 aromatic heterocycles. The van der Waals surface area contributed by atoms with Crippen LogP contribution in [0.5, 0.6) is 0 Å². The standard InChI is InChI=1S/C14H30N2O3/c1-13(2)7-12(8-14(3,4)16(13)18)19-10-11(17)9-15(5)6/h11-12,17-18H,7-10H2,1-6H3. The molecule has 0 aliphatic carbocycles. The van der Waals surface area contributed by atoms with E-state index in [1.165, 1.54) is 5.06 Å². The number of ether oxygens (including phenoxy) is 1. The van der Waals surface area contributed by atoms with Crippen LogP contribution in [0.1, 0.15) is 40.5 Å². The third kappa shape index (κ3) is 4.68. The van der Waals surface area contributed by atoms with Crippen LogP contribution in [0.4, 0.5) is 0 Å². The zero-order chi connectivity index (χ0) is 14.8. The van der Waals surface area contributed by atoms with Crippen molar-refractivity contribution >= 4 is 0 Å². The Balaban J connectivity index is 2.52. The molecule has 0 bridgehead atoms. The topological polar surface area (TPSA) is 56.2 Å². The number of hydrogen-bond donors (Lipinski definition) is 2. The van der Waals surface area contributed by atoms with E-state index in [4.69, 9.17) is 4.74 Å². The molecule has 1 aliphatic rings. The van der Waals surface area contributed by atoms with Crippen LogP contribution in [0, 0.1) is 0 Å². The van der Waals surface area contributed by atoms with Crippen molar-refractivity contribution in [1.29, 1.82) is 0 Å². The second-order valence-electron chi connectivity index (χ2n) is 7.22. The number of likely N-dealkylation sites (N-methyl/N-ethyl adjacent to an activating group) is 1. The van der Waals surface area contributed by atoms with E-state index in [9.17, 15) is 10.3 Å². The Hall–Kier alpha value is -0.200. The van der Waals surface area contributed by atoms with Crippen LogP contribution in [0.2, 0.25) is 0 Å². The molecule has 1 fully saturated rings. The molecule has 1 heterocycles. The Kier molecular flexibility index (Phi) is 5.37. The Bertz CT molecular complexity index is 274. The molecule has 0 saturated carbocycles. The van der Waals surface area contributed by atoms with Crippen molar-refractivity contribution in [2.45, 2.75) is 63.8 Å². The van der Waals surface area contributed by atoms with Crippen molar-refractivity contribution in [2.24, 2.45) is 0 Å². The van der Waals surface area contributed by atoms with Gasteiger partial charge in [-0.3, -0.25) is 0 Å². The van der Waals surface area contributed by atoms with E-state index in [1.54, 1.807) is 0 Å². The minimum atomic E-state index is -0.464. The van der Waals surface area contributed by atoms with Gasteiger partial charge in [-0.2, -0.15) is 5.06 Å². The summed E-state index contributed by atoms with van der Waals surface area (Å²) in [7, 11) is 3.86. The molecule has 114 valence electrons. The summed E-state index contributed by atoms with van der Waals surface area (Å²) in [6.45, 7) is 9.01. The molecule has 1 unspecified atom stereocenters. The smallest absolute Gasteiger partial charge is 0.0900 e. The van der Waals surface area contributed by atoms with Crippen LogP contribution >= 0.6 is 0 Å². The van der Waals surface area contributed by atoms with E-state index in [0.29, 0.717) is 13.2 Å². The number of aliphatic hydroxyl groups is 1. The highest BCUT2D eigenvalue weighted by Crippen LogP contribution is 2.37. The lowest BCUT2D eigenvalue weighted by atomic mass is 9.80. The molecule has 1 atom stereocenters. The molecule has 5 nitrogen and oxygen atoms in total. The van der Waals surface area contributed by atoms with Crippen LogP contribution in [-0.4, -0.2) is 70.8 Å². The predicted octanol–water partition coefficient (Wildman–Crippen LogP) is 1.34. The fourth-order valence-corrected chi connectivity index (χ4v) is 3.02. The van der Waals surface area contributed by atoms with Gasteiger partial charge in [0.05, 0.1) is 18.8 Å². The van der Waals surface area contributed by atoms with Gasteiger partial charge < -0.3 is 20.0 Å². The molecule has 1 saturated heterocycles. The number of nitrogens with zero attached hydrogens (tertiary/aromatic N) is 2. The SMILES string of the molecule is CN(C)CC(O)COC1CC(C)(C)N(O)C(C)(C)C1. The van der Waals surface area contributed by atoms with E-state index >= 15 is 0 Å². The van der Waals surface area contributed by atoms with Gasteiger partial charge in [0.2, 0.25) is 0 Å². The first kappa shape index (κ1) is 16.9. The number of rotatable bonds is 5. The van der Waals surface area contributed by atoms with Crippen LogP contribution in [0.25, 0.3) is 0 Å². The fourth-order valence-electron chi connectivity index (χ4n) is 3.02. The Morgan fingerprint density at radius 1 is 1.21 bits per heavy atom. The van der Waals surface area contributed by atoms with Gasteiger partial charge in [0.15, 0.2) is 0 Å². The number of piperidine rings is 1. The van der Waals surface area contributed by atoms with Crippen molar-refractivity contribution < 1.29 is 15.1 Å². The van der Waals surface area contributed by atoms with E-state index in [2.05, 4.69) is 0 Å². The van der Waals surface area contributed by atoms with Gasteiger partial charge in [-0.25, -0.2) is 0 Å². The van der Waals surface area contributed by atoms with Gasteiger partial charge in [0, 0.05) is 17.6 Å². The van der Waals surface area contributed by atoms with Gasteiger partial charge in [-0.05, 0) is 54.6 Å². The second-order valence-corrected chi connectivity index (χ2v) is 7.22. The summed E-state index contributed by atoms with van der Waals surface area (Å²) in [4.78, 5) is 1.94. The quantitative estimate of drug-likeness (QED) is 0.792. The summed E-state index contributed by atoms with van der Waals surface area (Å²) < 4.78 is 5.85. The summed E-state index contributed by atoms with van der Waals surface area (Å²) in [5, 5.41) is 21.5. The maximum absolute atomic E-state index is 10.2. The molecule has 5 heteroatoms. The first-order chi connectivity index (χ1) is 8.54. The zero-order valence-corrected chi connectivity index (χ0v) is 13.2. The maximum atomic E-state index is 10.2. The summed E-state index contributed by atoms with van der Waals surface area (Å²) in [5.41, 5.74) is -0.613. The lowest BCUT2D eigenvalue weighted by Crippen LogP contribution is -2.60. The highest BCUT2D eigenvalue weighted by atomic mass is 16.5. The Morgan fingerprint density at radius 2 is 1.68 bits per heavy atom. The summed E-state index contributed by atoms with van der Waals surface area (Å²) in [6, 6.07) is 0. The predicted molar refractivity (Wildman–Crippen MR) is 75.3 cm³/mol. The molecule has 1 aliphatic heterocycles. The van der Waals surface area contributed by atoms with Gasteiger partial charge in [-0.1, -0.05) is 0 Å². The lowest BCUT2D eigenvalue weighted by Gasteiger charge is -2.51. The van der Waals surface area contributed by atoms with Gasteiger partial charge in [-0.15, -0.1) is 0 Å². The molecular weight excluding hydrogens is 244 g/mol. The number of hydroxylamine groups is 2. The normalized spacial score (nSPS) is 25.7. The average molecular weight is 274 g/mol. The molecule has 0 aromatic rings. The van der Waals surface area contributed by atoms with Crippen LogP contribution in [0.15, 0.2) is 0 Å². The van der Waals surface area contributed by atoms with Crippen molar-refractivity contribution in [3.63, 3.8) is 0 Å². The molecule has 0 spiro atoms.